The van der Waals surface area contributed by atoms with Crippen molar-refractivity contribution in [3.8, 4) is 0 Å². The summed E-state index contributed by atoms with van der Waals surface area (Å²) in [6.45, 7) is 4.82. The molecular formula is C18H24ClN3O3. The van der Waals surface area contributed by atoms with E-state index in [0.29, 0.717) is 0 Å². The zero-order valence-corrected chi connectivity index (χ0v) is 15.4. The number of carbonyl (C=O) groups excluding carboxylic acids is 1. The van der Waals surface area contributed by atoms with Gasteiger partial charge in [0.2, 0.25) is 0 Å². The van der Waals surface area contributed by atoms with Crippen LogP contribution in [0.15, 0.2) is 18.2 Å². The van der Waals surface area contributed by atoms with Crippen molar-refractivity contribution in [2.75, 3.05) is 26.7 Å². The van der Waals surface area contributed by atoms with Crippen LogP contribution in [0.4, 0.5) is 4.79 Å². The first kappa shape index (κ1) is 18.0. The smallest absolute Gasteiger partial charge is 0.328 e. The number of rotatable bonds is 4. The fourth-order valence-electron chi connectivity index (χ4n) is 3.78. The number of carboxylic acids is 1. The van der Waals surface area contributed by atoms with Gasteiger partial charge in [-0.15, -0.1) is 0 Å². The normalized spacial score (nSPS) is 22.7. The molecule has 0 bridgehead atoms. The summed E-state index contributed by atoms with van der Waals surface area (Å²) >= 11 is 6.08. The summed E-state index contributed by atoms with van der Waals surface area (Å²) in [6.07, 6.45) is 1.60. The van der Waals surface area contributed by atoms with Gasteiger partial charge in [-0.25, -0.2) is 9.59 Å². The van der Waals surface area contributed by atoms with E-state index in [0.717, 1.165) is 43.1 Å². The minimum atomic E-state index is -0.920. The third-order valence-corrected chi connectivity index (χ3v) is 5.62. The van der Waals surface area contributed by atoms with Crippen molar-refractivity contribution < 1.29 is 14.7 Å². The van der Waals surface area contributed by atoms with Crippen LogP contribution < -0.4 is 0 Å². The van der Waals surface area contributed by atoms with Gasteiger partial charge >= 0.3 is 12.0 Å². The van der Waals surface area contributed by atoms with Crippen molar-refractivity contribution in [1.29, 1.82) is 0 Å². The number of carboxylic acid groups (broad SMARTS) is 1. The molecular weight excluding hydrogens is 342 g/mol. The van der Waals surface area contributed by atoms with Gasteiger partial charge in [0.25, 0.3) is 0 Å². The van der Waals surface area contributed by atoms with E-state index in [9.17, 15) is 14.7 Å². The first-order valence-electron chi connectivity index (χ1n) is 8.60. The van der Waals surface area contributed by atoms with Crippen LogP contribution in [0.3, 0.4) is 0 Å². The summed E-state index contributed by atoms with van der Waals surface area (Å²) in [7, 11) is 1.66. The number of hydrogen-bond acceptors (Lipinski definition) is 3. The second-order valence-electron chi connectivity index (χ2n) is 7.02. The molecule has 1 N–H and O–H groups in total. The molecule has 2 fully saturated rings. The minimum Gasteiger partial charge on any atom is -0.480 e. The Labute approximate surface area is 152 Å². The molecule has 2 aliphatic rings. The highest BCUT2D eigenvalue weighted by Crippen LogP contribution is 2.26. The van der Waals surface area contributed by atoms with Crippen molar-refractivity contribution in [2.45, 2.75) is 38.4 Å². The molecule has 136 valence electrons. The summed E-state index contributed by atoms with van der Waals surface area (Å²) in [6, 6.07) is 5.18. The topological polar surface area (TPSA) is 64.1 Å². The molecule has 0 saturated carbocycles. The number of aryl methyl sites for hydroxylation is 1. The summed E-state index contributed by atoms with van der Waals surface area (Å²) in [5.74, 6) is -0.920. The second-order valence-corrected chi connectivity index (χ2v) is 7.42. The predicted octanol–water partition coefficient (Wildman–Crippen LogP) is 2.43. The number of likely N-dealkylation sites (tertiary alicyclic amines) is 1. The van der Waals surface area contributed by atoms with Gasteiger partial charge in [-0.3, -0.25) is 4.90 Å². The summed E-state index contributed by atoms with van der Waals surface area (Å²) < 4.78 is 0. The Morgan fingerprint density at radius 1 is 1.32 bits per heavy atom. The number of nitrogens with zero attached hydrogens (tertiary/aromatic N) is 3. The van der Waals surface area contributed by atoms with Crippen LogP contribution in [-0.2, 0) is 11.3 Å². The minimum absolute atomic E-state index is 0.00162. The zero-order valence-electron chi connectivity index (χ0n) is 14.6. The molecule has 7 heteroatoms. The van der Waals surface area contributed by atoms with Crippen molar-refractivity contribution in [3.05, 3.63) is 34.3 Å². The van der Waals surface area contributed by atoms with Gasteiger partial charge in [0.15, 0.2) is 0 Å². The number of hydrogen-bond donors (Lipinski definition) is 1. The number of aliphatic carboxylic acids is 1. The predicted molar refractivity (Wildman–Crippen MR) is 95.8 cm³/mol. The third kappa shape index (κ3) is 3.75. The van der Waals surface area contributed by atoms with Gasteiger partial charge < -0.3 is 14.9 Å². The lowest BCUT2D eigenvalue weighted by Gasteiger charge is -2.37. The molecule has 0 spiro atoms. The van der Waals surface area contributed by atoms with Gasteiger partial charge in [0, 0.05) is 37.7 Å². The number of halogens is 1. The highest BCUT2D eigenvalue weighted by atomic mass is 35.5. The molecule has 2 aliphatic heterocycles. The van der Waals surface area contributed by atoms with Crippen LogP contribution in [0.5, 0.6) is 0 Å². The van der Waals surface area contributed by atoms with E-state index >= 15 is 0 Å². The quantitative estimate of drug-likeness (QED) is 0.890. The Bertz CT molecular complexity index is 674. The lowest BCUT2D eigenvalue weighted by molar-refractivity contribution is -0.142. The molecule has 2 saturated heterocycles. The molecule has 1 atom stereocenters. The fraction of sp³-hybridized carbons (Fsp3) is 0.556. The molecule has 0 radical (unpaired) electrons. The lowest BCUT2D eigenvalue weighted by atomic mass is 10.0. The van der Waals surface area contributed by atoms with E-state index in [1.165, 1.54) is 10.5 Å². The number of piperidine rings is 1. The number of carbonyl (C=O) groups is 2. The number of benzene rings is 1. The van der Waals surface area contributed by atoms with Crippen molar-refractivity contribution in [2.24, 2.45) is 0 Å². The van der Waals surface area contributed by atoms with Crippen LogP contribution in [0, 0.1) is 6.92 Å². The molecule has 0 unspecified atom stereocenters. The second kappa shape index (κ2) is 7.22. The van der Waals surface area contributed by atoms with Crippen molar-refractivity contribution in [1.82, 2.24) is 14.7 Å². The number of amides is 2. The molecule has 0 aliphatic carbocycles. The van der Waals surface area contributed by atoms with Gasteiger partial charge in [0.05, 0.1) is 6.54 Å². The van der Waals surface area contributed by atoms with Crippen LogP contribution >= 0.6 is 11.6 Å². The molecule has 2 heterocycles. The maximum Gasteiger partial charge on any atom is 0.328 e. The van der Waals surface area contributed by atoms with Crippen molar-refractivity contribution in [3.63, 3.8) is 0 Å². The summed E-state index contributed by atoms with van der Waals surface area (Å²) in [5, 5.41) is 10.2. The van der Waals surface area contributed by atoms with Crippen molar-refractivity contribution >= 4 is 23.6 Å². The molecule has 0 aromatic heterocycles. The maximum atomic E-state index is 12.3. The van der Waals surface area contributed by atoms with E-state index in [1.54, 1.807) is 11.9 Å². The fourth-order valence-corrected chi connectivity index (χ4v) is 3.90. The van der Waals surface area contributed by atoms with Gasteiger partial charge in [0.1, 0.15) is 6.04 Å². The Hall–Kier alpha value is -1.79. The highest BCUT2D eigenvalue weighted by molar-refractivity contribution is 6.31. The largest absolute Gasteiger partial charge is 0.480 e. The van der Waals surface area contributed by atoms with Gasteiger partial charge in [-0.05, 0) is 37.0 Å². The Morgan fingerprint density at radius 3 is 2.60 bits per heavy atom. The summed E-state index contributed by atoms with van der Waals surface area (Å²) in [5.41, 5.74) is 2.30. The number of urea groups is 1. The van der Waals surface area contributed by atoms with E-state index in [4.69, 9.17) is 11.6 Å². The van der Waals surface area contributed by atoms with Gasteiger partial charge in [-0.1, -0.05) is 23.7 Å². The van der Waals surface area contributed by atoms with E-state index in [2.05, 4.69) is 11.0 Å². The molecule has 2 amide bonds. The Balaban J connectivity index is 1.60. The van der Waals surface area contributed by atoms with E-state index in [-0.39, 0.29) is 18.6 Å². The highest BCUT2D eigenvalue weighted by Gasteiger charge is 2.44. The molecule has 1 aromatic rings. The van der Waals surface area contributed by atoms with Crippen LogP contribution in [0.25, 0.3) is 0 Å². The van der Waals surface area contributed by atoms with E-state index < -0.39 is 12.0 Å². The maximum absolute atomic E-state index is 12.3. The Morgan fingerprint density at radius 2 is 2.00 bits per heavy atom. The zero-order chi connectivity index (χ0) is 18.1. The summed E-state index contributed by atoms with van der Waals surface area (Å²) in [4.78, 5) is 29.2. The monoisotopic (exact) mass is 365 g/mol. The Kier molecular flexibility index (Phi) is 5.20. The van der Waals surface area contributed by atoms with Gasteiger partial charge in [-0.2, -0.15) is 0 Å². The van der Waals surface area contributed by atoms with E-state index in [1.807, 2.05) is 19.1 Å². The standard InChI is InChI=1S/C18H24ClN3O3/c1-12-9-13(3-4-15(12)19)10-21-7-5-14(6-8-21)22-16(17(23)24)11-20(2)18(22)25/h3-4,9,14,16H,5-8,10-11H2,1-2H3,(H,23,24)/t16-/m0/s1. The molecule has 3 rings (SSSR count). The van der Waals surface area contributed by atoms with Crippen LogP contribution in [0.1, 0.15) is 24.0 Å². The molecule has 1 aromatic carbocycles. The van der Waals surface area contributed by atoms with Crippen LogP contribution in [0.2, 0.25) is 5.02 Å². The molecule has 6 nitrogen and oxygen atoms in total. The first-order chi connectivity index (χ1) is 11.9. The lowest BCUT2D eigenvalue weighted by Crippen LogP contribution is -2.51. The SMILES string of the molecule is Cc1cc(CN2CCC(N3C(=O)N(C)C[C@H]3C(=O)O)CC2)ccc1Cl. The molecule has 25 heavy (non-hydrogen) atoms. The third-order valence-electron chi connectivity index (χ3n) is 5.19. The average Bonchev–Trinajstić information content (AvgIpc) is 2.88. The first-order valence-corrected chi connectivity index (χ1v) is 8.98. The number of likely N-dealkylation sites (N-methyl/N-ethyl adjacent to an activating group) is 1. The average molecular weight is 366 g/mol. The van der Waals surface area contributed by atoms with Crippen LogP contribution in [-0.4, -0.2) is 70.6 Å².